The van der Waals surface area contributed by atoms with E-state index in [1.165, 1.54) is 22.0 Å². The molecule has 1 aromatic rings. The van der Waals surface area contributed by atoms with Gasteiger partial charge in [-0.3, -0.25) is 24.0 Å². The lowest BCUT2D eigenvalue weighted by atomic mass is 9.81. The summed E-state index contributed by atoms with van der Waals surface area (Å²) in [5, 5.41) is 8.45. The van der Waals surface area contributed by atoms with Crippen LogP contribution in [0, 0.1) is 17.3 Å². The van der Waals surface area contributed by atoms with Gasteiger partial charge >= 0.3 is 6.03 Å². The summed E-state index contributed by atoms with van der Waals surface area (Å²) in [4.78, 5) is 78.6. The molecule has 44 heavy (non-hydrogen) atoms. The molecule has 2 heterocycles. The number of hydrogen-bond acceptors (Lipinski definition) is 6. The van der Waals surface area contributed by atoms with Crippen molar-refractivity contribution in [3.63, 3.8) is 0 Å². The molecule has 244 valence electrons. The molecule has 1 saturated heterocycles. The number of hydrogen-bond donors (Lipinski definition) is 4. The zero-order chi connectivity index (χ0) is 32.6. The molecule has 4 atom stereocenters. The largest absolute Gasteiger partial charge is 0.363 e. The van der Waals surface area contributed by atoms with Crippen LogP contribution in [0.1, 0.15) is 86.0 Å². The fraction of sp³-hybridized carbons (Fsp3) is 0.688. The molecule has 2 aliphatic rings. The van der Waals surface area contributed by atoms with Crippen LogP contribution in [0.3, 0.4) is 0 Å². The Balaban J connectivity index is 1.69. The third-order valence-electron chi connectivity index (χ3n) is 8.85. The van der Waals surface area contributed by atoms with Gasteiger partial charge in [0.25, 0.3) is 11.5 Å². The molecule has 0 spiro atoms. The Bertz CT molecular complexity index is 1250. The van der Waals surface area contributed by atoms with Crippen LogP contribution in [0.25, 0.3) is 0 Å². The van der Waals surface area contributed by atoms with Crippen LogP contribution < -0.4 is 27.2 Å². The second-order valence-electron chi connectivity index (χ2n) is 13.7. The number of Topliss-reactive ketones (excluding diaryl/α,β-unsaturated/α-hetero) is 1. The number of carbonyl (C=O) groups is 5. The monoisotopic (exact) mass is 614 g/mol. The molecule has 1 aliphatic heterocycles. The topological polar surface area (TPSA) is 173 Å². The minimum atomic E-state index is -1.10. The number of aromatic nitrogens is 1. The Kier molecular flexibility index (Phi) is 12.1. The molecule has 1 aliphatic carbocycles. The quantitative estimate of drug-likeness (QED) is 0.234. The van der Waals surface area contributed by atoms with Crippen LogP contribution in [0.5, 0.6) is 0 Å². The lowest BCUT2D eigenvalue weighted by Gasteiger charge is -2.36. The van der Waals surface area contributed by atoms with E-state index in [4.69, 9.17) is 5.73 Å². The third kappa shape index (κ3) is 9.40. The van der Waals surface area contributed by atoms with Crippen molar-refractivity contribution in [2.45, 2.75) is 117 Å². The van der Waals surface area contributed by atoms with Gasteiger partial charge in [0.15, 0.2) is 0 Å². The summed E-state index contributed by atoms with van der Waals surface area (Å²) in [5.41, 5.74) is 4.40. The zero-order valence-electron chi connectivity index (χ0n) is 26.8. The second kappa shape index (κ2) is 15.3. The van der Waals surface area contributed by atoms with Gasteiger partial charge in [-0.05, 0) is 42.6 Å². The molecular formula is C32H50N6O6. The normalized spacial score (nSPS) is 19.0. The highest BCUT2D eigenvalue weighted by atomic mass is 16.2. The third-order valence-corrected chi connectivity index (χ3v) is 8.85. The lowest BCUT2D eigenvalue weighted by molar-refractivity contribution is -0.143. The number of carbonyl (C=O) groups excluding carboxylic acids is 5. The van der Waals surface area contributed by atoms with Gasteiger partial charge in [0.05, 0.1) is 12.1 Å². The molecule has 0 bridgehead atoms. The number of rotatable bonds is 14. The van der Waals surface area contributed by atoms with Crippen molar-refractivity contribution in [3.05, 3.63) is 34.7 Å². The van der Waals surface area contributed by atoms with Crippen molar-refractivity contribution in [1.82, 2.24) is 25.4 Å². The van der Waals surface area contributed by atoms with Gasteiger partial charge in [-0.25, -0.2) is 4.79 Å². The van der Waals surface area contributed by atoms with E-state index in [9.17, 15) is 28.8 Å². The van der Waals surface area contributed by atoms with E-state index < -0.39 is 53.1 Å². The Labute approximate surface area is 259 Å². The molecule has 5 amide bonds. The first-order chi connectivity index (χ1) is 20.7. The van der Waals surface area contributed by atoms with E-state index in [1.54, 1.807) is 18.3 Å². The average Bonchev–Trinajstić information content (AvgIpc) is 3.42. The second-order valence-corrected chi connectivity index (χ2v) is 13.7. The van der Waals surface area contributed by atoms with E-state index in [0.717, 1.165) is 19.3 Å². The SMILES string of the molecule is CC(C)[C@@H](Cn1ccccc1=O)NC(=O)N[C@H](C(=O)N1CCC[C@H]1C(=O)NC(CCCC1CCC1)C(=O)C(N)=O)C(C)(C)C. The zero-order valence-corrected chi connectivity index (χ0v) is 26.8. The Morgan fingerprint density at radius 2 is 1.70 bits per heavy atom. The maximum atomic E-state index is 13.9. The van der Waals surface area contributed by atoms with Gasteiger partial charge in [-0.15, -0.1) is 0 Å². The van der Waals surface area contributed by atoms with Gasteiger partial charge < -0.3 is 31.2 Å². The molecule has 0 radical (unpaired) electrons. The predicted octanol–water partition coefficient (Wildman–Crippen LogP) is 2.09. The Hall–Kier alpha value is -3.70. The van der Waals surface area contributed by atoms with Crippen molar-refractivity contribution >= 4 is 29.5 Å². The summed E-state index contributed by atoms with van der Waals surface area (Å²) in [6.07, 6.45) is 8.06. The van der Waals surface area contributed by atoms with Gasteiger partial charge in [-0.2, -0.15) is 0 Å². The predicted molar refractivity (Wildman–Crippen MR) is 166 cm³/mol. The minimum absolute atomic E-state index is 0.00641. The summed E-state index contributed by atoms with van der Waals surface area (Å²) < 4.78 is 1.52. The highest BCUT2D eigenvalue weighted by Crippen LogP contribution is 2.31. The highest BCUT2D eigenvalue weighted by Gasteiger charge is 2.43. The maximum Gasteiger partial charge on any atom is 0.315 e. The first-order valence-electron chi connectivity index (χ1n) is 15.9. The molecule has 1 aromatic heterocycles. The van der Waals surface area contributed by atoms with Crippen molar-refractivity contribution in [1.29, 1.82) is 0 Å². The number of nitrogens with one attached hydrogen (secondary N) is 3. The van der Waals surface area contributed by atoms with Crippen LogP contribution in [-0.2, 0) is 25.7 Å². The number of urea groups is 1. The van der Waals surface area contributed by atoms with Crippen LogP contribution in [0.15, 0.2) is 29.2 Å². The highest BCUT2D eigenvalue weighted by molar-refractivity contribution is 6.37. The Morgan fingerprint density at radius 3 is 2.27 bits per heavy atom. The fourth-order valence-corrected chi connectivity index (χ4v) is 5.81. The number of primary amides is 1. The first-order valence-corrected chi connectivity index (χ1v) is 15.9. The first kappa shape index (κ1) is 34.8. The van der Waals surface area contributed by atoms with E-state index in [0.29, 0.717) is 38.1 Å². The maximum absolute atomic E-state index is 13.9. The number of pyridine rings is 1. The van der Waals surface area contributed by atoms with Crippen LogP contribution >= 0.6 is 0 Å². The summed E-state index contributed by atoms with van der Waals surface area (Å²) in [5.74, 6) is -2.25. The number of nitrogens with two attached hydrogens (primary N) is 1. The van der Waals surface area contributed by atoms with Gasteiger partial charge in [0.1, 0.15) is 12.1 Å². The minimum Gasteiger partial charge on any atom is -0.363 e. The van der Waals surface area contributed by atoms with Gasteiger partial charge in [0, 0.05) is 25.4 Å². The van der Waals surface area contributed by atoms with Crippen LogP contribution in [0.2, 0.25) is 0 Å². The standard InChI is InChI=1S/C32H50N6O6/c1-20(2)23(19-37-17-7-6-16-25(37)39)35-31(44)36-27(32(3,4)5)30(43)38-18-10-15-24(38)29(42)34-22(26(40)28(33)41)14-9-13-21-11-8-12-21/h6-7,16-17,20-24,27H,8-15,18-19H2,1-5H3,(H2,33,41)(H,34,42)(H2,35,36,44)/t22?,23-,24+,27-/m1/s1. The van der Waals surface area contributed by atoms with E-state index >= 15 is 0 Å². The van der Waals surface area contributed by atoms with Crippen molar-refractivity contribution < 1.29 is 24.0 Å². The summed E-state index contributed by atoms with van der Waals surface area (Å²) in [6.45, 7) is 9.93. The Morgan fingerprint density at radius 1 is 1.00 bits per heavy atom. The molecule has 1 unspecified atom stereocenters. The number of amides is 5. The van der Waals surface area contributed by atoms with E-state index in [2.05, 4.69) is 16.0 Å². The number of likely N-dealkylation sites (tertiary alicyclic amines) is 1. The van der Waals surface area contributed by atoms with Crippen molar-refractivity contribution in [2.24, 2.45) is 23.0 Å². The molecule has 12 heteroatoms. The van der Waals surface area contributed by atoms with Crippen LogP contribution in [-0.4, -0.2) is 69.7 Å². The summed E-state index contributed by atoms with van der Waals surface area (Å²) in [7, 11) is 0. The fourth-order valence-electron chi connectivity index (χ4n) is 5.81. The van der Waals surface area contributed by atoms with Crippen LogP contribution in [0.4, 0.5) is 4.79 Å². The smallest absolute Gasteiger partial charge is 0.315 e. The van der Waals surface area contributed by atoms with Crippen molar-refractivity contribution in [2.75, 3.05) is 6.54 Å². The van der Waals surface area contributed by atoms with E-state index in [1.807, 2.05) is 34.6 Å². The summed E-state index contributed by atoms with van der Waals surface area (Å²) >= 11 is 0. The van der Waals surface area contributed by atoms with Gasteiger partial charge in [0.2, 0.25) is 17.6 Å². The lowest BCUT2D eigenvalue weighted by Crippen LogP contribution is -2.61. The molecular weight excluding hydrogens is 564 g/mol. The molecule has 12 nitrogen and oxygen atoms in total. The number of nitrogens with zero attached hydrogens (tertiary/aromatic N) is 2. The summed E-state index contributed by atoms with van der Waals surface area (Å²) in [6, 6.07) is 1.06. The molecule has 3 rings (SSSR count). The molecule has 2 fully saturated rings. The van der Waals surface area contributed by atoms with Gasteiger partial charge in [-0.1, -0.05) is 72.8 Å². The average molecular weight is 615 g/mol. The van der Waals surface area contributed by atoms with E-state index in [-0.39, 0.29) is 24.1 Å². The number of ketones is 1. The molecule has 1 saturated carbocycles. The van der Waals surface area contributed by atoms with Crippen molar-refractivity contribution in [3.8, 4) is 0 Å². The molecule has 0 aromatic carbocycles. The molecule has 5 N–H and O–H groups in total.